The fourth-order valence-corrected chi connectivity index (χ4v) is 1.52. The Kier molecular flexibility index (Phi) is 3.70. The number of benzene rings is 1. The summed E-state index contributed by atoms with van der Waals surface area (Å²) >= 11 is 0. The summed E-state index contributed by atoms with van der Waals surface area (Å²) in [5.74, 6) is -0.522. The molecule has 0 heterocycles. The zero-order chi connectivity index (χ0) is 12.3. The Morgan fingerprint density at radius 3 is 2.31 bits per heavy atom. The molecule has 88 valence electrons. The van der Waals surface area contributed by atoms with Crippen molar-refractivity contribution in [1.82, 2.24) is 0 Å². The van der Waals surface area contributed by atoms with Crippen molar-refractivity contribution in [2.75, 3.05) is 0 Å². The average Bonchev–Trinajstić information content (AvgIpc) is 2.28. The van der Waals surface area contributed by atoms with Gasteiger partial charge >= 0.3 is 5.97 Å². The molecule has 3 heteroatoms. The van der Waals surface area contributed by atoms with Gasteiger partial charge in [0, 0.05) is 0 Å². The number of hydrogen-bond donors (Lipinski definition) is 2. The molecule has 0 aliphatic rings. The molecule has 0 radical (unpaired) electrons. The Hall–Kier alpha value is -1.35. The molecule has 2 atom stereocenters. The van der Waals surface area contributed by atoms with Crippen LogP contribution in [0, 0.1) is 0 Å². The molecule has 0 spiro atoms. The Morgan fingerprint density at radius 1 is 1.44 bits per heavy atom. The first-order chi connectivity index (χ1) is 7.39. The lowest BCUT2D eigenvalue weighted by atomic mass is 9.90. The largest absolute Gasteiger partial charge is 0.480 e. The van der Waals surface area contributed by atoms with Crippen LogP contribution in [0.2, 0.25) is 0 Å². The minimum Gasteiger partial charge on any atom is -0.480 e. The average molecular weight is 221 g/mol. The molecule has 1 aromatic carbocycles. The van der Waals surface area contributed by atoms with Crippen LogP contribution in [0.25, 0.3) is 0 Å². The molecule has 1 rings (SSSR count). The van der Waals surface area contributed by atoms with Crippen molar-refractivity contribution in [2.45, 2.75) is 38.6 Å². The molecule has 0 amide bonds. The van der Waals surface area contributed by atoms with Crippen molar-refractivity contribution in [2.24, 2.45) is 5.73 Å². The molecule has 0 bridgehead atoms. The summed E-state index contributed by atoms with van der Waals surface area (Å²) in [7, 11) is 0. The van der Waals surface area contributed by atoms with E-state index in [1.54, 1.807) is 12.1 Å². The summed E-state index contributed by atoms with van der Waals surface area (Å²) in [6, 6.07) is 7.51. The van der Waals surface area contributed by atoms with Gasteiger partial charge in [-0.1, -0.05) is 38.1 Å². The highest BCUT2D eigenvalue weighted by molar-refractivity contribution is 5.79. The molecular weight excluding hydrogens is 202 g/mol. The first-order valence-electron chi connectivity index (χ1n) is 5.52. The van der Waals surface area contributed by atoms with E-state index in [1.807, 2.05) is 12.1 Å². The Labute approximate surface area is 96.3 Å². The lowest BCUT2D eigenvalue weighted by molar-refractivity contribution is -0.143. The monoisotopic (exact) mass is 221 g/mol. The highest BCUT2D eigenvalue weighted by Gasteiger charge is 2.29. The molecular formula is C13H19NO2. The summed E-state index contributed by atoms with van der Waals surface area (Å²) in [6.45, 7) is 5.78. The summed E-state index contributed by atoms with van der Waals surface area (Å²) in [4.78, 5) is 11.0. The molecule has 0 saturated heterocycles. The number of carbonyl (C=O) groups is 1. The second-order valence-corrected chi connectivity index (χ2v) is 4.44. The molecule has 0 aliphatic heterocycles. The zero-order valence-electron chi connectivity index (χ0n) is 10.0. The van der Waals surface area contributed by atoms with E-state index in [-0.39, 0.29) is 0 Å². The zero-order valence-corrected chi connectivity index (χ0v) is 10.0. The van der Waals surface area contributed by atoms with Crippen LogP contribution in [0.15, 0.2) is 24.3 Å². The molecule has 1 aromatic rings. The van der Waals surface area contributed by atoms with Crippen molar-refractivity contribution in [3.05, 3.63) is 35.4 Å². The van der Waals surface area contributed by atoms with Gasteiger partial charge in [-0.3, -0.25) is 0 Å². The number of carboxylic acids is 1. The van der Waals surface area contributed by atoms with E-state index in [2.05, 4.69) is 13.8 Å². The van der Waals surface area contributed by atoms with Crippen molar-refractivity contribution in [3.63, 3.8) is 0 Å². The number of carboxylic acid groups (broad SMARTS) is 1. The van der Waals surface area contributed by atoms with Crippen LogP contribution in [0.3, 0.4) is 0 Å². The van der Waals surface area contributed by atoms with Gasteiger partial charge < -0.3 is 10.8 Å². The highest BCUT2D eigenvalue weighted by Crippen LogP contribution is 2.23. The van der Waals surface area contributed by atoms with Crippen LogP contribution in [-0.4, -0.2) is 11.1 Å². The molecule has 3 N–H and O–H groups in total. The SMILES string of the molecule is CCC(C)c1ccc(C(C)(N)C(=O)O)cc1. The van der Waals surface area contributed by atoms with Crippen molar-refractivity contribution in [1.29, 1.82) is 0 Å². The van der Waals surface area contributed by atoms with Crippen LogP contribution in [0.5, 0.6) is 0 Å². The predicted octanol–water partition coefficient (Wildman–Crippen LogP) is 2.46. The van der Waals surface area contributed by atoms with E-state index in [9.17, 15) is 4.79 Å². The molecule has 0 aliphatic carbocycles. The summed E-state index contributed by atoms with van der Waals surface area (Å²) < 4.78 is 0. The normalized spacial score (nSPS) is 16.5. The van der Waals surface area contributed by atoms with E-state index in [0.717, 1.165) is 6.42 Å². The number of hydrogen-bond acceptors (Lipinski definition) is 2. The predicted molar refractivity (Wildman–Crippen MR) is 64.3 cm³/mol. The lowest BCUT2D eigenvalue weighted by Crippen LogP contribution is -2.41. The van der Waals surface area contributed by atoms with Gasteiger partial charge in [-0.2, -0.15) is 0 Å². The minimum atomic E-state index is -1.31. The van der Waals surface area contributed by atoms with Crippen molar-refractivity contribution >= 4 is 5.97 Å². The fourth-order valence-electron chi connectivity index (χ4n) is 1.52. The van der Waals surface area contributed by atoms with Gasteiger partial charge in [0.1, 0.15) is 5.54 Å². The number of nitrogens with two attached hydrogens (primary N) is 1. The second kappa shape index (κ2) is 4.66. The molecule has 0 saturated carbocycles. The van der Waals surface area contributed by atoms with E-state index in [0.29, 0.717) is 11.5 Å². The quantitative estimate of drug-likeness (QED) is 0.820. The maximum absolute atomic E-state index is 11.0. The highest BCUT2D eigenvalue weighted by atomic mass is 16.4. The summed E-state index contributed by atoms with van der Waals surface area (Å²) in [6.07, 6.45) is 1.07. The third kappa shape index (κ3) is 2.42. The summed E-state index contributed by atoms with van der Waals surface area (Å²) in [5, 5.41) is 8.99. The fraction of sp³-hybridized carbons (Fsp3) is 0.462. The van der Waals surface area contributed by atoms with Gasteiger partial charge in [0.25, 0.3) is 0 Å². The number of rotatable bonds is 4. The standard InChI is InChI=1S/C13H19NO2/c1-4-9(2)10-5-7-11(8-6-10)13(3,14)12(15)16/h5-9H,4,14H2,1-3H3,(H,15,16). The van der Waals surface area contributed by atoms with Gasteiger partial charge in [-0.25, -0.2) is 4.79 Å². The second-order valence-electron chi connectivity index (χ2n) is 4.44. The van der Waals surface area contributed by atoms with Gasteiger partial charge in [0.05, 0.1) is 0 Å². The Morgan fingerprint density at radius 2 is 1.94 bits per heavy atom. The van der Waals surface area contributed by atoms with Gasteiger partial charge in [0.2, 0.25) is 0 Å². The summed E-state index contributed by atoms with van der Waals surface area (Å²) in [5.41, 5.74) is 6.28. The molecule has 2 unspecified atom stereocenters. The van der Waals surface area contributed by atoms with Crippen LogP contribution in [-0.2, 0) is 10.3 Å². The van der Waals surface area contributed by atoms with Crippen LogP contribution in [0.4, 0.5) is 0 Å². The maximum atomic E-state index is 11.0. The van der Waals surface area contributed by atoms with E-state index < -0.39 is 11.5 Å². The van der Waals surface area contributed by atoms with Gasteiger partial charge in [-0.15, -0.1) is 0 Å². The molecule has 0 aromatic heterocycles. The smallest absolute Gasteiger partial charge is 0.328 e. The Balaban J connectivity index is 2.99. The minimum absolute atomic E-state index is 0.489. The van der Waals surface area contributed by atoms with Crippen molar-refractivity contribution in [3.8, 4) is 0 Å². The third-order valence-electron chi connectivity index (χ3n) is 3.14. The number of aliphatic carboxylic acids is 1. The Bertz CT molecular complexity index is 368. The van der Waals surface area contributed by atoms with Gasteiger partial charge in [0.15, 0.2) is 0 Å². The van der Waals surface area contributed by atoms with E-state index >= 15 is 0 Å². The first-order valence-corrected chi connectivity index (χ1v) is 5.52. The van der Waals surface area contributed by atoms with Crippen LogP contribution in [0.1, 0.15) is 44.2 Å². The van der Waals surface area contributed by atoms with Crippen molar-refractivity contribution < 1.29 is 9.90 Å². The lowest BCUT2D eigenvalue weighted by Gasteiger charge is -2.20. The third-order valence-corrected chi connectivity index (χ3v) is 3.14. The van der Waals surface area contributed by atoms with Crippen LogP contribution >= 0.6 is 0 Å². The maximum Gasteiger partial charge on any atom is 0.328 e. The van der Waals surface area contributed by atoms with E-state index in [4.69, 9.17) is 10.8 Å². The van der Waals surface area contributed by atoms with Gasteiger partial charge in [-0.05, 0) is 30.4 Å². The van der Waals surface area contributed by atoms with E-state index in [1.165, 1.54) is 12.5 Å². The van der Waals surface area contributed by atoms with Crippen LogP contribution < -0.4 is 5.73 Å². The first kappa shape index (κ1) is 12.7. The molecule has 16 heavy (non-hydrogen) atoms. The topological polar surface area (TPSA) is 63.3 Å². The molecule has 0 fully saturated rings. The molecule has 3 nitrogen and oxygen atoms in total.